The summed E-state index contributed by atoms with van der Waals surface area (Å²) in [7, 11) is -18.3. The van der Waals surface area contributed by atoms with Crippen LogP contribution in [0.5, 0.6) is 11.8 Å². The minimum Gasteiger partial charge on any atom is -0.492 e. The number of rotatable bonds is 23. The van der Waals surface area contributed by atoms with Crippen LogP contribution >= 0.6 is 0 Å². The van der Waals surface area contributed by atoms with Crippen LogP contribution in [0.1, 0.15) is 124 Å². The highest BCUT2D eigenvalue weighted by atomic mass is 32.2. The van der Waals surface area contributed by atoms with Gasteiger partial charge in [-0.3, -0.25) is 18.2 Å². The Kier molecular flexibility index (Phi) is 17.0. The first-order valence-corrected chi connectivity index (χ1v) is 29.0. The van der Waals surface area contributed by atoms with Gasteiger partial charge in [-0.2, -0.15) is 38.2 Å². The highest BCUT2D eigenvalue weighted by Crippen LogP contribution is 2.55. The van der Waals surface area contributed by atoms with E-state index >= 15 is 0 Å². The van der Waals surface area contributed by atoms with E-state index in [-0.39, 0.29) is 38.6 Å². The molecule has 2 atom stereocenters. The van der Waals surface area contributed by atoms with Gasteiger partial charge in [0, 0.05) is 71.6 Å². The van der Waals surface area contributed by atoms with E-state index in [1.807, 2.05) is 63.2 Å². The topological polar surface area (TPSA) is 305 Å². The molecule has 5 rings (SSSR count). The molecular formula is C47H66N3O17S4+. The molecule has 71 heavy (non-hydrogen) atoms. The summed E-state index contributed by atoms with van der Waals surface area (Å²) in [5, 5.41) is 19.8. The molecule has 0 spiro atoms. The highest BCUT2D eigenvalue weighted by Gasteiger charge is 2.50. The van der Waals surface area contributed by atoms with Gasteiger partial charge in [0.15, 0.2) is 5.71 Å². The van der Waals surface area contributed by atoms with Crippen molar-refractivity contribution in [2.45, 2.75) is 145 Å². The van der Waals surface area contributed by atoms with Gasteiger partial charge in [0.25, 0.3) is 40.5 Å². The zero-order valence-corrected chi connectivity index (χ0v) is 44.4. The molecule has 20 nitrogen and oxygen atoms in total. The SMILES string of the molecule is CC(=CC1=[N+](CCCCCC(=O)On2c(O)ccc2O)c2ccc(S(=O)(=O)O)cc2C1(C)CCCS(=O)(=O)O)C=C1N(C(C)(C)CCOC(C)(C)C)c2ccc(S(=O)(=O)O)cc2C1(C)CCCS(=O)(=O)O. The predicted molar refractivity (Wildman–Crippen MR) is 265 cm³/mol. The van der Waals surface area contributed by atoms with Gasteiger partial charge in [0.1, 0.15) is 6.54 Å². The Morgan fingerprint density at radius 1 is 0.718 bits per heavy atom. The second kappa shape index (κ2) is 21.1. The third kappa shape index (κ3) is 14.1. The first kappa shape index (κ1) is 57.2. The normalized spacial score (nSPS) is 19.7. The molecule has 1 aromatic heterocycles. The van der Waals surface area contributed by atoms with Gasteiger partial charge in [-0.05, 0) is 148 Å². The van der Waals surface area contributed by atoms with Gasteiger partial charge in [-0.15, -0.1) is 4.73 Å². The number of carbonyl (C=O) groups excluding carboxylic acids is 1. The van der Waals surface area contributed by atoms with E-state index in [0.717, 1.165) is 12.1 Å². The molecule has 0 radical (unpaired) electrons. The quantitative estimate of drug-likeness (QED) is 0.0320. The Morgan fingerprint density at radius 3 is 1.79 bits per heavy atom. The Hall–Kier alpha value is -4.66. The van der Waals surface area contributed by atoms with Crippen LogP contribution in [-0.2, 0) is 60.8 Å². The number of hydrogen-bond donors (Lipinski definition) is 6. The van der Waals surface area contributed by atoms with Crippen molar-refractivity contribution < 1.29 is 81.0 Å². The molecule has 3 aromatic rings. The van der Waals surface area contributed by atoms with Crippen LogP contribution in [0.3, 0.4) is 0 Å². The number of hydrogen-bond acceptors (Lipinski definition) is 14. The number of aromatic hydroxyl groups is 2. The lowest BCUT2D eigenvalue weighted by molar-refractivity contribution is -0.438. The maximum atomic E-state index is 12.6. The summed E-state index contributed by atoms with van der Waals surface area (Å²) >= 11 is 0. The first-order chi connectivity index (χ1) is 32.5. The summed E-state index contributed by atoms with van der Waals surface area (Å²) in [5.74, 6) is -2.92. The Labute approximate surface area is 416 Å². The van der Waals surface area contributed by atoms with E-state index in [2.05, 4.69) is 0 Å². The van der Waals surface area contributed by atoms with Crippen LogP contribution in [0.4, 0.5) is 11.4 Å². The number of unbranched alkanes of at least 4 members (excludes halogenated alkanes) is 2. The molecule has 0 fully saturated rings. The molecule has 0 bridgehead atoms. The number of anilines is 1. The molecular weight excluding hydrogens is 1010 g/mol. The van der Waals surface area contributed by atoms with E-state index in [1.165, 1.54) is 30.3 Å². The molecule has 0 aliphatic carbocycles. The molecule has 2 aliphatic rings. The largest absolute Gasteiger partial charge is 0.492 e. The van der Waals surface area contributed by atoms with Crippen LogP contribution in [0.2, 0.25) is 0 Å². The molecule has 3 heterocycles. The van der Waals surface area contributed by atoms with Gasteiger partial charge >= 0.3 is 5.97 Å². The zero-order chi connectivity index (χ0) is 53.3. The molecule has 0 saturated heterocycles. The van der Waals surface area contributed by atoms with Crippen molar-refractivity contribution in [2.75, 3.05) is 29.6 Å². The Balaban J connectivity index is 1.70. The van der Waals surface area contributed by atoms with Gasteiger partial charge in [-0.1, -0.05) is 0 Å². The third-order valence-electron chi connectivity index (χ3n) is 12.9. The minimum absolute atomic E-state index is 0.0515. The Bertz CT molecular complexity index is 3060. The van der Waals surface area contributed by atoms with Gasteiger partial charge < -0.3 is 24.7 Å². The van der Waals surface area contributed by atoms with Gasteiger partial charge in [0.05, 0.1) is 32.3 Å². The lowest BCUT2D eigenvalue weighted by Gasteiger charge is -2.42. The molecule has 394 valence electrons. The number of carbonyl (C=O) groups is 1. The molecule has 0 amide bonds. The van der Waals surface area contributed by atoms with E-state index in [0.29, 0.717) is 76.5 Å². The summed E-state index contributed by atoms with van der Waals surface area (Å²) in [4.78, 5) is 18.9. The second-order valence-electron chi connectivity index (χ2n) is 20.2. The highest BCUT2D eigenvalue weighted by molar-refractivity contribution is 7.86. The first-order valence-electron chi connectivity index (χ1n) is 22.9. The maximum Gasteiger partial charge on any atom is 0.333 e. The van der Waals surface area contributed by atoms with Crippen molar-refractivity contribution in [1.29, 1.82) is 0 Å². The molecule has 0 saturated carbocycles. The van der Waals surface area contributed by atoms with Crippen molar-refractivity contribution in [3.63, 3.8) is 0 Å². The van der Waals surface area contributed by atoms with Crippen LogP contribution in [0.15, 0.2) is 81.7 Å². The Morgan fingerprint density at radius 2 is 1.25 bits per heavy atom. The predicted octanol–water partition coefficient (Wildman–Crippen LogP) is 6.89. The molecule has 2 aliphatic heterocycles. The lowest BCUT2D eigenvalue weighted by Crippen LogP contribution is -2.45. The number of nitrogens with zero attached hydrogens (tertiary/aromatic N) is 3. The van der Waals surface area contributed by atoms with Crippen LogP contribution in [0, 0.1) is 0 Å². The summed E-state index contributed by atoms with van der Waals surface area (Å²) < 4.78 is 147. The number of benzene rings is 2. The van der Waals surface area contributed by atoms with Crippen LogP contribution < -0.4 is 9.74 Å². The van der Waals surface area contributed by atoms with Crippen LogP contribution in [-0.4, -0.2) is 119 Å². The third-order valence-corrected chi connectivity index (χ3v) is 16.2. The second-order valence-corrected chi connectivity index (χ2v) is 26.2. The van der Waals surface area contributed by atoms with E-state index in [1.54, 1.807) is 19.9 Å². The summed E-state index contributed by atoms with van der Waals surface area (Å²) in [5.41, 5.74) is 0.0350. The van der Waals surface area contributed by atoms with E-state index < -0.39 is 101 Å². The average molecular weight is 1070 g/mol. The molecule has 24 heteroatoms. The van der Waals surface area contributed by atoms with E-state index in [4.69, 9.17) is 9.57 Å². The fourth-order valence-corrected chi connectivity index (χ4v) is 11.4. The maximum absolute atomic E-state index is 12.6. The van der Waals surface area contributed by atoms with E-state index in [9.17, 15) is 66.9 Å². The fourth-order valence-electron chi connectivity index (χ4n) is 9.39. The number of fused-ring (bicyclic) bond motifs is 2. The summed E-state index contributed by atoms with van der Waals surface area (Å²) in [6.07, 6.45) is 5.20. The smallest absolute Gasteiger partial charge is 0.333 e. The zero-order valence-electron chi connectivity index (χ0n) is 41.1. The molecule has 6 N–H and O–H groups in total. The number of ether oxygens (including phenoxy) is 1. The van der Waals surface area contributed by atoms with Gasteiger partial charge in [0.2, 0.25) is 17.4 Å². The average Bonchev–Trinajstić information content (AvgIpc) is 3.75. The van der Waals surface area contributed by atoms with Crippen LogP contribution in [0.25, 0.3) is 0 Å². The number of aromatic nitrogens is 1. The van der Waals surface area contributed by atoms with Gasteiger partial charge in [-0.25, -0.2) is 4.79 Å². The molecule has 2 unspecified atom stereocenters. The minimum atomic E-state index is -4.74. The summed E-state index contributed by atoms with van der Waals surface area (Å²) in [6, 6.07) is 10.6. The van der Waals surface area contributed by atoms with Crippen molar-refractivity contribution >= 4 is 63.5 Å². The molecule has 2 aromatic carbocycles. The monoisotopic (exact) mass is 1070 g/mol. The summed E-state index contributed by atoms with van der Waals surface area (Å²) in [6.45, 7) is 15.6. The van der Waals surface area contributed by atoms with Crippen molar-refractivity contribution in [2.24, 2.45) is 0 Å². The van der Waals surface area contributed by atoms with Crippen molar-refractivity contribution in [3.8, 4) is 11.8 Å². The van der Waals surface area contributed by atoms with Crippen molar-refractivity contribution in [1.82, 2.24) is 4.73 Å². The van der Waals surface area contributed by atoms with Crippen molar-refractivity contribution in [3.05, 3.63) is 83.1 Å². The standard InChI is InChI=1S/C47H65N3O17S4/c1-32(29-40-47(8,22-13-27-69(57,58)59)36-31-34(71(63,64)65)16-18-38(36)49(40)45(5,6)23-25-66-44(2,3)4)28-39-46(7,21-12-26-68(54,55)56)35-30-33(70(60,61)62)15-17-37(35)48(39)24-11-9-10-14-43(53)67-50-41(51)19-20-42(50)52/h15-20,28-31H,9-14,21-27H2,1-8H3,(H5-,51,52,54,55,56,57,58,59,60,61,62,63,64,65)/p+1. The fraction of sp³-hybridized carbons (Fsp3) is 0.532. The lowest BCUT2D eigenvalue weighted by atomic mass is 9.75. The number of allylic oxidation sites excluding steroid dienone is 4.